The molecule has 1 heterocycles. The molecule has 1 saturated heterocycles. The summed E-state index contributed by atoms with van der Waals surface area (Å²) in [5.41, 5.74) is 9.59. The largest absolute Gasteiger partial charge is 0.368 e. The Kier molecular flexibility index (Phi) is 6.98. The zero-order chi connectivity index (χ0) is 18.4. The zero-order valence-electron chi connectivity index (χ0n) is 14.9. The van der Waals surface area contributed by atoms with E-state index in [1.165, 1.54) is 0 Å². The second-order valence-corrected chi connectivity index (χ2v) is 9.41. The summed E-state index contributed by atoms with van der Waals surface area (Å²) in [4.78, 5) is 2.74. The SMILES string of the molecule is CC(C)(C)[S@@](=O)N(Cc1ccccc1)C[C@@H]1CCC(N=[N+]=[N-])C(O)O1. The van der Waals surface area contributed by atoms with Crippen molar-refractivity contribution in [1.29, 1.82) is 0 Å². The van der Waals surface area contributed by atoms with Crippen LogP contribution in [0.1, 0.15) is 39.2 Å². The van der Waals surface area contributed by atoms with Crippen molar-refractivity contribution in [2.75, 3.05) is 6.54 Å². The lowest BCUT2D eigenvalue weighted by Gasteiger charge is -2.36. The van der Waals surface area contributed by atoms with E-state index >= 15 is 0 Å². The number of aliphatic hydroxyl groups excluding tert-OH is 1. The number of azide groups is 1. The molecule has 7 nitrogen and oxygen atoms in total. The molecular formula is C17H26N4O3S. The van der Waals surface area contributed by atoms with E-state index in [1.54, 1.807) is 0 Å². The molecular weight excluding hydrogens is 340 g/mol. The van der Waals surface area contributed by atoms with Crippen molar-refractivity contribution in [3.05, 3.63) is 46.3 Å². The highest BCUT2D eigenvalue weighted by molar-refractivity contribution is 7.84. The molecule has 8 heteroatoms. The third-order valence-corrected chi connectivity index (χ3v) is 5.81. The number of rotatable bonds is 6. The van der Waals surface area contributed by atoms with Crippen molar-refractivity contribution >= 4 is 11.0 Å². The van der Waals surface area contributed by atoms with Crippen LogP contribution in [-0.2, 0) is 22.3 Å². The summed E-state index contributed by atoms with van der Waals surface area (Å²) in [5.74, 6) is 0. The summed E-state index contributed by atoms with van der Waals surface area (Å²) in [7, 11) is -1.21. The predicted molar refractivity (Wildman–Crippen MR) is 97.8 cm³/mol. The molecule has 0 spiro atoms. The van der Waals surface area contributed by atoms with Gasteiger partial charge in [-0.2, -0.15) is 0 Å². The summed E-state index contributed by atoms with van der Waals surface area (Å²) in [6.07, 6.45) is -0.170. The van der Waals surface area contributed by atoms with Crippen LogP contribution in [0.4, 0.5) is 0 Å². The third kappa shape index (κ3) is 5.80. The van der Waals surface area contributed by atoms with Crippen LogP contribution in [0.2, 0.25) is 0 Å². The molecule has 2 unspecified atom stereocenters. The van der Waals surface area contributed by atoms with Crippen LogP contribution >= 0.6 is 0 Å². The van der Waals surface area contributed by atoms with Gasteiger partial charge in [0.1, 0.15) is 11.0 Å². The molecule has 4 atom stereocenters. The predicted octanol–water partition coefficient (Wildman–Crippen LogP) is 3.13. The number of hydrogen-bond acceptors (Lipinski definition) is 4. The van der Waals surface area contributed by atoms with Gasteiger partial charge >= 0.3 is 0 Å². The normalized spacial score (nSPS) is 25.4. The van der Waals surface area contributed by atoms with E-state index < -0.39 is 28.1 Å². The minimum absolute atomic E-state index is 0.254. The van der Waals surface area contributed by atoms with Gasteiger partial charge in [-0.05, 0) is 44.7 Å². The van der Waals surface area contributed by atoms with E-state index in [1.807, 2.05) is 55.4 Å². The highest BCUT2D eigenvalue weighted by Crippen LogP contribution is 2.25. The van der Waals surface area contributed by atoms with Crippen LogP contribution in [0.5, 0.6) is 0 Å². The van der Waals surface area contributed by atoms with E-state index in [-0.39, 0.29) is 6.10 Å². The van der Waals surface area contributed by atoms with Crippen molar-refractivity contribution in [2.45, 2.75) is 63.3 Å². The first kappa shape index (κ1) is 19.9. The average Bonchev–Trinajstić information content (AvgIpc) is 2.56. The Labute approximate surface area is 151 Å². The van der Waals surface area contributed by atoms with Gasteiger partial charge in [-0.1, -0.05) is 35.4 Å². The highest BCUT2D eigenvalue weighted by Gasteiger charge is 2.33. The highest BCUT2D eigenvalue weighted by atomic mass is 32.2. The van der Waals surface area contributed by atoms with Gasteiger partial charge in [0.2, 0.25) is 0 Å². The smallest absolute Gasteiger partial charge is 0.163 e. The minimum atomic E-state index is -1.21. The van der Waals surface area contributed by atoms with Gasteiger partial charge in [0.25, 0.3) is 0 Å². The third-order valence-electron chi connectivity index (χ3n) is 4.01. The second-order valence-electron chi connectivity index (χ2n) is 7.17. The Morgan fingerprint density at radius 1 is 1.36 bits per heavy atom. The first-order chi connectivity index (χ1) is 11.8. The molecule has 1 aliphatic rings. The Bertz CT molecular complexity index is 629. The second kappa shape index (κ2) is 8.78. The van der Waals surface area contributed by atoms with Crippen LogP contribution in [0, 0.1) is 0 Å². The Morgan fingerprint density at radius 3 is 2.60 bits per heavy atom. The van der Waals surface area contributed by atoms with Gasteiger partial charge in [0.05, 0.1) is 16.9 Å². The molecule has 1 N–H and O–H groups in total. The maximum atomic E-state index is 12.9. The molecule has 0 aromatic heterocycles. The zero-order valence-corrected chi connectivity index (χ0v) is 15.7. The summed E-state index contributed by atoms with van der Waals surface area (Å²) < 4.78 is 20.0. The van der Waals surface area contributed by atoms with Crippen molar-refractivity contribution < 1.29 is 14.1 Å². The van der Waals surface area contributed by atoms with Crippen molar-refractivity contribution in [1.82, 2.24) is 4.31 Å². The standard InChI is InChI=1S/C17H26N4O3S/c1-17(2,3)25(23)21(11-13-7-5-4-6-8-13)12-14-9-10-15(19-20-18)16(22)24-14/h4-8,14-16,22H,9-12H2,1-3H3/t14-,15?,16?,25+/m0/s1. The Morgan fingerprint density at radius 2 is 2.04 bits per heavy atom. The number of aliphatic hydroxyl groups is 1. The Balaban J connectivity index is 2.08. The summed E-state index contributed by atoms with van der Waals surface area (Å²) >= 11 is 0. The van der Waals surface area contributed by atoms with E-state index in [0.717, 1.165) is 5.56 Å². The van der Waals surface area contributed by atoms with Crippen LogP contribution in [0.3, 0.4) is 0 Å². The molecule has 2 rings (SSSR count). The first-order valence-corrected chi connectivity index (χ1v) is 9.50. The number of nitrogens with zero attached hydrogens (tertiary/aromatic N) is 4. The van der Waals surface area contributed by atoms with E-state index in [9.17, 15) is 9.32 Å². The van der Waals surface area contributed by atoms with Crippen LogP contribution in [0.25, 0.3) is 10.4 Å². The maximum Gasteiger partial charge on any atom is 0.163 e. The molecule has 0 amide bonds. The molecule has 25 heavy (non-hydrogen) atoms. The molecule has 1 fully saturated rings. The maximum absolute atomic E-state index is 12.9. The summed E-state index contributed by atoms with van der Waals surface area (Å²) in [6.45, 7) is 6.80. The van der Waals surface area contributed by atoms with E-state index in [2.05, 4.69) is 10.0 Å². The topological polar surface area (TPSA) is 98.5 Å². The fourth-order valence-corrected chi connectivity index (χ4v) is 4.11. The molecule has 0 saturated carbocycles. The van der Waals surface area contributed by atoms with Gasteiger partial charge in [0, 0.05) is 18.0 Å². The molecule has 1 aromatic rings. The lowest BCUT2D eigenvalue weighted by Crippen LogP contribution is -2.46. The van der Waals surface area contributed by atoms with Gasteiger partial charge < -0.3 is 9.84 Å². The van der Waals surface area contributed by atoms with Gasteiger partial charge in [-0.3, -0.25) is 0 Å². The number of benzene rings is 1. The fourth-order valence-electron chi connectivity index (χ4n) is 2.76. The molecule has 1 aliphatic heterocycles. The van der Waals surface area contributed by atoms with Crippen LogP contribution in [0.15, 0.2) is 35.4 Å². The van der Waals surface area contributed by atoms with E-state index in [4.69, 9.17) is 10.3 Å². The van der Waals surface area contributed by atoms with Crippen LogP contribution in [-0.4, -0.2) is 43.3 Å². The van der Waals surface area contributed by atoms with Crippen molar-refractivity contribution in [2.24, 2.45) is 5.11 Å². The quantitative estimate of drug-likeness (QED) is 0.475. The van der Waals surface area contributed by atoms with Gasteiger partial charge in [-0.25, -0.2) is 8.51 Å². The molecule has 138 valence electrons. The average molecular weight is 366 g/mol. The minimum Gasteiger partial charge on any atom is -0.368 e. The van der Waals surface area contributed by atoms with Crippen molar-refractivity contribution in [3.63, 3.8) is 0 Å². The first-order valence-electron chi connectivity index (χ1n) is 8.40. The lowest BCUT2D eigenvalue weighted by molar-refractivity contribution is -0.173. The van der Waals surface area contributed by atoms with Gasteiger partial charge in [-0.15, -0.1) is 0 Å². The monoisotopic (exact) mass is 366 g/mol. The van der Waals surface area contributed by atoms with Crippen molar-refractivity contribution in [3.8, 4) is 0 Å². The summed E-state index contributed by atoms with van der Waals surface area (Å²) in [6, 6.07) is 9.31. The Hall–Kier alpha value is -1.44. The number of ether oxygens (including phenoxy) is 1. The molecule has 0 radical (unpaired) electrons. The lowest BCUT2D eigenvalue weighted by atomic mass is 10.0. The number of hydrogen-bond donors (Lipinski definition) is 1. The molecule has 0 bridgehead atoms. The molecule has 1 aromatic carbocycles. The van der Waals surface area contributed by atoms with Gasteiger partial charge in [0.15, 0.2) is 6.29 Å². The van der Waals surface area contributed by atoms with E-state index in [0.29, 0.717) is 25.9 Å². The van der Waals surface area contributed by atoms with Crippen LogP contribution < -0.4 is 0 Å². The summed E-state index contributed by atoms with van der Waals surface area (Å²) in [5, 5.41) is 13.5. The molecule has 0 aliphatic carbocycles. The fraction of sp³-hybridized carbons (Fsp3) is 0.647.